The Hall–Kier alpha value is 0.502. The van der Waals surface area contributed by atoms with E-state index in [0.29, 0.717) is 3.71 Å². The molecule has 1 amide bonds. The number of carbonyl (C=O) groups is 1. The summed E-state index contributed by atoms with van der Waals surface area (Å²) in [6.45, 7) is 0. The smallest absolute Gasteiger partial charge is 0.427 e. The zero-order valence-corrected chi connectivity index (χ0v) is 6.17. The van der Waals surface area contributed by atoms with E-state index in [4.69, 9.17) is 5.11 Å². The molecule has 0 fully saturated rings. The van der Waals surface area contributed by atoms with Crippen LogP contribution in [0.15, 0.2) is 0 Å². The quantitative estimate of drug-likeness (QED) is 0.475. The van der Waals surface area contributed by atoms with Crippen molar-refractivity contribution in [1.82, 2.24) is 3.71 Å². The zero-order chi connectivity index (χ0) is 5.15. The van der Waals surface area contributed by atoms with Gasteiger partial charge < -0.3 is 5.11 Å². The Morgan fingerprint density at radius 2 is 1.71 bits per heavy atom. The molecule has 0 radical (unpaired) electrons. The van der Waals surface area contributed by atoms with Gasteiger partial charge in [0.2, 0.25) is 0 Å². The molecule has 0 aromatic rings. The minimum Gasteiger partial charge on any atom is -0.464 e. The molecule has 0 aromatic heterocycles. The van der Waals surface area contributed by atoms with E-state index in [1.165, 1.54) is 0 Å². The van der Waals surface area contributed by atoms with Crippen molar-refractivity contribution in [2.45, 2.75) is 0 Å². The fourth-order valence-electron chi connectivity index (χ4n) is 0. The zero-order valence-electron chi connectivity index (χ0n) is 3.11. The Kier molecular flexibility index (Phi) is 6.97. The van der Waals surface area contributed by atoms with E-state index >= 15 is 0 Å². The van der Waals surface area contributed by atoms with Crippen molar-refractivity contribution in [1.29, 1.82) is 0 Å². The van der Waals surface area contributed by atoms with Gasteiger partial charge in [-0.25, -0.2) is 4.79 Å². The molecule has 0 aliphatic carbocycles. The first-order valence-corrected chi connectivity index (χ1v) is 1.85. The molecule has 0 atom stereocenters. The number of hydrogen-bond donors (Lipinski definition) is 3. The Morgan fingerprint density at radius 3 is 1.71 bits per heavy atom. The van der Waals surface area contributed by atoms with Crippen LogP contribution in [0, 0.1) is 0 Å². The summed E-state index contributed by atoms with van der Waals surface area (Å²) in [6.07, 6.45) is -1.18. The predicted molar refractivity (Wildman–Crippen MR) is 27.8 cm³/mol. The fourth-order valence-corrected chi connectivity index (χ4v) is 0. The number of rotatable bonds is 0. The molecule has 0 aliphatic heterocycles. The van der Waals surface area contributed by atoms with Gasteiger partial charge in [0.1, 0.15) is 0 Å². The van der Waals surface area contributed by atoms with Crippen molar-refractivity contribution in [3.63, 3.8) is 0 Å². The molecule has 0 heterocycles. The molecule has 0 saturated heterocycles. The molecule has 42 valence electrons. The molecule has 7 heavy (non-hydrogen) atoms. The number of amides is 1. The molecule has 0 bridgehead atoms. The maximum absolute atomic E-state index is 9.47. The molecular weight excluding hydrogens is 174 g/mol. The molecule has 1 N–H and O–H groups in total. The monoisotopic (exact) mass is 177 g/mol. The number of nitrogens with zero attached hydrogens (tertiary/aromatic N) is 1. The van der Waals surface area contributed by atoms with Gasteiger partial charge in [-0.15, -0.1) is 0 Å². The summed E-state index contributed by atoms with van der Waals surface area (Å²) in [4.78, 5) is 9.47. The van der Waals surface area contributed by atoms with Crippen LogP contribution in [-0.2, 0) is 17.4 Å². The molecule has 3 nitrogen and oxygen atoms in total. The van der Waals surface area contributed by atoms with E-state index in [1.54, 1.807) is 0 Å². The first-order chi connectivity index (χ1) is 2.64. The van der Waals surface area contributed by atoms with Crippen LogP contribution in [0.3, 0.4) is 0 Å². The Labute approximate surface area is 62.9 Å². The average Bonchev–Trinajstić information content (AvgIpc) is 1.36. The summed E-state index contributed by atoms with van der Waals surface area (Å²) in [7, 11) is 0. The maximum atomic E-state index is 9.47. The van der Waals surface area contributed by atoms with Crippen LogP contribution in [0.25, 0.3) is 0 Å². The first-order valence-electron chi connectivity index (χ1n) is 1.05. The summed E-state index contributed by atoms with van der Waals surface area (Å²) >= 11 is 6.58. The number of thiol groups is 2. The van der Waals surface area contributed by atoms with Gasteiger partial charge in [0.25, 0.3) is 0 Å². The van der Waals surface area contributed by atoms with Crippen molar-refractivity contribution in [3.8, 4) is 0 Å². The minimum absolute atomic E-state index is 0. The summed E-state index contributed by atoms with van der Waals surface area (Å²) in [5, 5.41) is 7.76. The van der Waals surface area contributed by atoms with Gasteiger partial charge >= 0.3 is 6.09 Å². The van der Waals surface area contributed by atoms with E-state index in [0.717, 1.165) is 0 Å². The third-order valence-corrected chi connectivity index (χ3v) is 0.513. The van der Waals surface area contributed by atoms with Crippen molar-refractivity contribution in [3.05, 3.63) is 0 Å². The topological polar surface area (TPSA) is 40.5 Å². The van der Waals surface area contributed by atoms with Crippen LogP contribution in [0.1, 0.15) is 0 Å². The summed E-state index contributed by atoms with van der Waals surface area (Å²) < 4.78 is 0.472. The van der Waals surface area contributed by atoms with E-state index in [9.17, 15) is 4.79 Å². The number of carboxylic acid groups (broad SMARTS) is 1. The van der Waals surface area contributed by atoms with Gasteiger partial charge in [-0.1, -0.05) is 0 Å². The first kappa shape index (κ1) is 10.5. The van der Waals surface area contributed by atoms with Crippen LogP contribution in [0.5, 0.6) is 0 Å². The van der Waals surface area contributed by atoms with E-state index < -0.39 is 6.09 Å². The third kappa shape index (κ3) is 6.50. The minimum atomic E-state index is -1.18. The van der Waals surface area contributed by atoms with Crippen LogP contribution < -0.4 is 0 Å². The second kappa shape index (κ2) is 4.66. The largest absolute Gasteiger partial charge is 0.464 e. The SMILES string of the molecule is O=C(O)N(S)S.[Cr]. The standard InChI is InChI=1S/CH3NO2S2.Cr/c3-1(4)2(5)6;/h5-6H,(H,3,4);. The maximum Gasteiger partial charge on any atom is 0.427 e. The fraction of sp³-hybridized carbons (Fsp3) is 0. The van der Waals surface area contributed by atoms with Crippen molar-refractivity contribution >= 4 is 31.7 Å². The second-order valence-corrected chi connectivity index (χ2v) is 1.69. The van der Waals surface area contributed by atoms with E-state index in [1.807, 2.05) is 0 Å². The average molecular weight is 177 g/mol. The Balaban J connectivity index is 0. The van der Waals surface area contributed by atoms with Crippen LogP contribution in [0.4, 0.5) is 4.79 Å². The van der Waals surface area contributed by atoms with Crippen LogP contribution in [-0.4, -0.2) is 14.9 Å². The molecule has 0 unspecified atom stereocenters. The molecule has 0 spiro atoms. The third-order valence-electron chi connectivity index (χ3n) is 0.171. The van der Waals surface area contributed by atoms with E-state index in [-0.39, 0.29) is 17.4 Å². The van der Waals surface area contributed by atoms with Crippen molar-refractivity contribution in [2.75, 3.05) is 0 Å². The predicted octanol–water partition coefficient (Wildman–Crippen LogP) is 0.653. The van der Waals surface area contributed by atoms with Gasteiger partial charge in [0.15, 0.2) is 0 Å². The van der Waals surface area contributed by atoms with E-state index in [2.05, 4.69) is 25.6 Å². The molecule has 0 rings (SSSR count). The Bertz CT molecular complexity index is 66.7. The summed E-state index contributed by atoms with van der Waals surface area (Å²) in [6, 6.07) is 0. The number of hydrogen-bond acceptors (Lipinski definition) is 3. The molecule has 0 saturated carbocycles. The van der Waals surface area contributed by atoms with Crippen LogP contribution >= 0.6 is 25.6 Å². The molecule has 0 aromatic carbocycles. The normalized spacial score (nSPS) is 6.57. The van der Waals surface area contributed by atoms with Gasteiger partial charge in [-0.2, -0.15) is 3.71 Å². The summed E-state index contributed by atoms with van der Waals surface area (Å²) in [5.41, 5.74) is 0. The van der Waals surface area contributed by atoms with Gasteiger partial charge in [0.05, 0.1) is 0 Å². The van der Waals surface area contributed by atoms with Crippen molar-refractivity contribution < 1.29 is 27.3 Å². The summed E-state index contributed by atoms with van der Waals surface area (Å²) in [5.74, 6) is 0. The Morgan fingerprint density at radius 1 is 1.57 bits per heavy atom. The van der Waals surface area contributed by atoms with Gasteiger partial charge in [-0.05, 0) is 25.6 Å². The molecule has 0 aliphatic rings. The molecule has 6 heteroatoms. The molecular formula is CH3CrNO2S2. The van der Waals surface area contributed by atoms with Crippen molar-refractivity contribution in [2.24, 2.45) is 0 Å². The van der Waals surface area contributed by atoms with Gasteiger partial charge in [-0.3, -0.25) is 0 Å². The van der Waals surface area contributed by atoms with Gasteiger partial charge in [0, 0.05) is 17.4 Å². The second-order valence-electron chi connectivity index (χ2n) is 0.572. The van der Waals surface area contributed by atoms with Crippen LogP contribution in [0.2, 0.25) is 0 Å².